The quantitative estimate of drug-likeness (QED) is 0.0680. The van der Waals surface area contributed by atoms with Crippen molar-refractivity contribution in [1.29, 1.82) is 0 Å². The number of halogens is 4. The van der Waals surface area contributed by atoms with Crippen LogP contribution in [0, 0.1) is 64.8 Å². The second kappa shape index (κ2) is 43.6. The van der Waals surface area contributed by atoms with Crippen molar-refractivity contribution in [2.45, 2.75) is 114 Å². The zero-order valence-corrected chi connectivity index (χ0v) is 78.2. The lowest BCUT2D eigenvalue weighted by atomic mass is 10.1. The highest BCUT2D eigenvalue weighted by Crippen LogP contribution is 2.28. The first kappa shape index (κ1) is 96.7. The minimum atomic E-state index is -0.506. The molecule has 7 heterocycles. The molecule has 0 aliphatic carbocycles. The average Bonchev–Trinajstić information content (AvgIpc) is 1.69. The Labute approximate surface area is 792 Å². The van der Waals surface area contributed by atoms with Crippen LogP contribution in [0.1, 0.15) is 97.3 Å². The molecule has 0 atom stereocenters. The highest BCUT2D eigenvalue weighted by Gasteiger charge is 2.20. The number of benzene rings is 14. The Morgan fingerprint density at radius 1 is 0.209 bits per heavy atom. The van der Waals surface area contributed by atoms with Crippen molar-refractivity contribution in [3.63, 3.8) is 0 Å². The largest absolute Gasteiger partial charge is 0.497 e. The van der Waals surface area contributed by atoms with E-state index in [-0.39, 0.29) is 34.3 Å². The first-order valence-corrected chi connectivity index (χ1v) is 44.6. The lowest BCUT2D eigenvalue weighted by Gasteiger charge is -2.09. The molecule has 0 radical (unpaired) electrons. The molecule has 21 rings (SSSR count). The molecule has 0 saturated heterocycles. The fraction of sp³-hybridized carbons (Fsp3) is 0.180. The lowest BCUT2D eigenvalue weighted by Crippen LogP contribution is -2.15. The van der Waals surface area contributed by atoms with Gasteiger partial charge in [0.2, 0.25) is 0 Å². The van der Waals surface area contributed by atoms with Gasteiger partial charge in [0, 0.05) is 24.3 Å². The Balaban J connectivity index is 0.000000123. The Hall–Kier alpha value is -16.9. The van der Waals surface area contributed by atoms with Crippen molar-refractivity contribution in [2.24, 2.45) is 0 Å². The number of aryl methyl sites for hydroxylation is 8. The van der Waals surface area contributed by atoms with Gasteiger partial charge in [0.1, 0.15) is 40.5 Å². The van der Waals surface area contributed by atoms with Gasteiger partial charge in [0.15, 0.2) is 39.1 Å². The van der Waals surface area contributed by atoms with Crippen LogP contribution in [0.3, 0.4) is 0 Å². The summed E-state index contributed by atoms with van der Waals surface area (Å²) in [7, 11) is 4.82. The number of ether oxygens (including phenoxy) is 3. The number of hydrogen-bond acceptors (Lipinski definition) is 17. The summed E-state index contributed by atoms with van der Waals surface area (Å²) in [6.45, 7) is 19.2. The maximum Gasteiger partial charge on any atom is 0.420 e. The Morgan fingerprint density at radius 3 is 0.820 bits per heavy atom. The molecule has 7 aromatic heterocycles. The van der Waals surface area contributed by atoms with Crippen LogP contribution in [-0.4, -0.2) is 53.3 Å². The Bertz CT molecular complexity index is 8310. The third-order valence-corrected chi connectivity index (χ3v) is 23.0. The van der Waals surface area contributed by atoms with Crippen LogP contribution in [0.25, 0.3) is 77.7 Å². The molecule has 21 aromatic rings. The van der Waals surface area contributed by atoms with Crippen LogP contribution in [-0.2, 0) is 58.7 Å². The molecule has 14 aromatic carbocycles. The van der Waals surface area contributed by atoms with Gasteiger partial charge in [-0.2, -0.15) is 0 Å². The third kappa shape index (κ3) is 23.9. The number of rotatable bonds is 19. The molecule has 0 fully saturated rings. The lowest BCUT2D eigenvalue weighted by molar-refractivity contribution is 0.413. The van der Waals surface area contributed by atoms with E-state index in [1.807, 2.05) is 229 Å². The topological polar surface area (TPSA) is 274 Å². The van der Waals surface area contributed by atoms with Crippen molar-refractivity contribution < 1.29 is 62.7 Å². The summed E-state index contributed by atoms with van der Waals surface area (Å²) in [4.78, 5) is 83.4. The number of methoxy groups -OCH3 is 3. The van der Waals surface area contributed by atoms with Gasteiger partial charge in [-0.25, -0.2) is 51.1 Å². The molecule has 0 aliphatic heterocycles. The Kier molecular flexibility index (Phi) is 30.3. The molecule has 708 valence electrons. The van der Waals surface area contributed by atoms with Gasteiger partial charge in [-0.1, -0.05) is 182 Å². The number of hydrogen-bond donors (Lipinski definition) is 0. The summed E-state index contributed by atoms with van der Waals surface area (Å²) < 4.78 is 115. The molecule has 0 aliphatic rings. The maximum atomic E-state index is 13.3. The summed E-state index contributed by atoms with van der Waals surface area (Å²) in [6.07, 6.45) is 1.87. The standard InChI is InChI=1S/C18H19NO3.C17H17NO2.C16H15NO2.2C15H12FNO3.2C15H12FNO2/c1-4-13-8-14(10-15(9-13)21-3)11-19-16-7-12(2)5-6-17(16)22-18(19)20;1-3-13-7-8-16-15(10-13)18(17(19)20-16)11-14-6-4-5-12(2)9-14;1-11-4-3-5-13(8-11)10-17-14-7-6-12(2)9-15(14)19-16(17)18;1-19-12-4-2-3-10(7-12)9-17-13-8-11(16)5-6-14(13)20-15(17)18;1-19-12-4-2-3-10(7-12)9-17-13-6-5-11(16)8-14(13)20-15(17)18;1-10-3-2-4-11(7-10)9-17-13-8-12(16)5-6-14(13)19-15(17)18;1-10-3-2-4-11(7-10)9-17-13-6-5-12(16)8-14(13)19-15(17)18/h5-10H,4,11H2,1-3H3;4-10H,3,11H2,1-2H3;3-9H,10H2,1-2H3;2*2-8H,9H2,1H3;2*2-8H,9H2,1H3. The molecule has 0 amide bonds. The van der Waals surface area contributed by atoms with E-state index in [2.05, 4.69) is 45.0 Å². The normalized spacial score (nSPS) is 11.0. The van der Waals surface area contributed by atoms with Gasteiger partial charge in [-0.15, -0.1) is 0 Å². The maximum absolute atomic E-state index is 13.3. The number of nitrogens with zero attached hydrogens (tertiary/aromatic N) is 7. The predicted octanol–water partition coefficient (Wildman–Crippen LogP) is 22.1. The monoisotopic (exact) mass is 1880 g/mol. The molecule has 24 nitrogen and oxygen atoms in total. The van der Waals surface area contributed by atoms with E-state index in [9.17, 15) is 51.1 Å². The van der Waals surface area contributed by atoms with Crippen molar-refractivity contribution in [2.75, 3.05) is 21.3 Å². The minimum Gasteiger partial charge on any atom is -0.497 e. The molecular weight excluding hydrogens is 1780 g/mol. The third-order valence-electron chi connectivity index (χ3n) is 23.0. The molecule has 0 spiro atoms. The zero-order valence-electron chi connectivity index (χ0n) is 78.2. The van der Waals surface area contributed by atoms with Crippen molar-refractivity contribution in [3.05, 3.63) is 472 Å². The second-order valence-corrected chi connectivity index (χ2v) is 33.4. The summed E-state index contributed by atoms with van der Waals surface area (Å²) in [6, 6.07) is 86.6. The minimum absolute atomic E-state index is 0.248. The molecular formula is C111H99F4N7O17. The van der Waals surface area contributed by atoms with E-state index in [1.54, 1.807) is 41.1 Å². The fourth-order valence-corrected chi connectivity index (χ4v) is 16.1. The van der Waals surface area contributed by atoms with E-state index in [4.69, 9.17) is 45.1 Å². The smallest absolute Gasteiger partial charge is 0.420 e. The van der Waals surface area contributed by atoms with Crippen LogP contribution < -0.4 is 54.5 Å². The molecule has 0 unspecified atom stereocenters. The van der Waals surface area contributed by atoms with Crippen molar-refractivity contribution in [1.82, 2.24) is 32.0 Å². The number of fused-ring (bicyclic) bond motifs is 7. The van der Waals surface area contributed by atoms with Crippen molar-refractivity contribution >= 4 is 77.7 Å². The predicted molar refractivity (Wildman–Crippen MR) is 529 cm³/mol. The van der Waals surface area contributed by atoms with Gasteiger partial charge in [-0.3, -0.25) is 32.0 Å². The molecule has 0 N–H and O–H groups in total. The van der Waals surface area contributed by atoms with Gasteiger partial charge in [-0.05, 0) is 237 Å². The van der Waals surface area contributed by atoms with Crippen LogP contribution in [0.5, 0.6) is 17.2 Å². The van der Waals surface area contributed by atoms with Gasteiger partial charge in [0.05, 0.1) is 106 Å². The number of oxazole rings is 7. The summed E-state index contributed by atoms with van der Waals surface area (Å²) in [5.74, 6) is -2.28. The molecule has 28 heteroatoms. The van der Waals surface area contributed by atoms with Crippen LogP contribution in [0.15, 0.2) is 356 Å². The van der Waals surface area contributed by atoms with E-state index in [1.165, 1.54) is 107 Å². The van der Waals surface area contributed by atoms with E-state index >= 15 is 0 Å². The summed E-state index contributed by atoms with van der Waals surface area (Å²) >= 11 is 0. The van der Waals surface area contributed by atoms with Crippen LogP contribution in [0.2, 0.25) is 0 Å². The van der Waals surface area contributed by atoms with E-state index in [0.29, 0.717) is 102 Å². The highest BCUT2D eigenvalue weighted by atomic mass is 19.1. The summed E-state index contributed by atoms with van der Waals surface area (Å²) in [5.41, 5.74) is 24.1. The SMILES string of the molecule is CCc1cc(Cn2c(=O)oc3ccc(C)cc32)cc(OC)c1.CCc1ccc2oc(=O)n(Cc3cccc(C)c3)c2c1.COc1cccc(Cn2c(=O)oc3cc(F)ccc32)c1.COc1cccc(Cn2c(=O)oc3ccc(F)cc32)c1.Cc1cccc(Cn2c(=O)oc3cc(C)ccc32)c1.Cc1cccc(Cn2c(=O)oc3cc(F)ccc32)c1.Cc1cccc(Cn2c(=O)oc3ccc(F)cc32)c1. The molecule has 139 heavy (non-hydrogen) atoms. The zero-order chi connectivity index (χ0) is 98.2. The van der Waals surface area contributed by atoms with Crippen molar-refractivity contribution in [3.8, 4) is 17.2 Å². The van der Waals surface area contributed by atoms with Gasteiger partial charge >= 0.3 is 40.3 Å². The van der Waals surface area contributed by atoms with Gasteiger partial charge in [0.25, 0.3) is 0 Å². The molecule has 0 bridgehead atoms. The molecule has 0 saturated carbocycles. The van der Waals surface area contributed by atoms with E-state index in [0.717, 1.165) is 102 Å². The van der Waals surface area contributed by atoms with Crippen LogP contribution >= 0.6 is 0 Å². The van der Waals surface area contributed by atoms with Crippen LogP contribution in [0.4, 0.5) is 17.6 Å². The Morgan fingerprint density at radius 2 is 0.460 bits per heavy atom. The first-order chi connectivity index (χ1) is 67.0. The second-order valence-electron chi connectivity index (χ2n) is 33.4. The van der Waals surface area contributed by atoms with E-state index < -0.39 is 40.5 Å². The van der Waals surface area contributed by atoms with Gasteiger partial charge < -0.3 is 45.1 Å². The number of aromatic nitrogens is 7. The first-order valence-electron chi connectivity index (χ1n) is 44.6. The summed E-state index contributed by atoms with van der Waals surface area (Å²) in [5, 5.41) is 0. The highest BCUT2D eigenvalue weighted by molar-refractivity contribution is 5.78. The average molecular weight is 1880 g/mol. The fourth-order valence-electron chi connectivity index (χ4n) is 16.1.